The highest BCUT2D eigenvalue weighted by molar-refractivity contribution is 7.85. The number of carboxylic acid groups (broad SMARTS) is 1. The number of hydrogen-bond acceptors (Lipinski definition) is 5. The monoisotopic (exact) mass is 834 g/mol. The molecule has 0 radical (unpaired) electrons. The molecular formula is C52H56N3O5S+. The molecule has 1 atom stereocenters. The fourth-order valence-electron chi connectivity index (χ4n) is 10.1. The van der Waals surface area contributed by atoms with E-state index in [0.717, 1.165) is 69.4 Å². The number of unbranched alkanes of at least 4 members (excludes halogenated alkanes) is 1. The Morgan fingerprint density at radius 2 is 1.48 bits per heavy atom. The molecule has 9 heteroatoms. The largest absolute Gasteiger partial charge is 0.481 e. The van der Waals surface area contributed by atoms with Crippen LogP contribution >= 0.6 is 0 Å². The molecule has 8 nitrogen and oxygen atoms in total. The molecule has 5 aromatic carbocycles. The van der Waals surface area contributed by atoms with E-state index < -0.39 is 27.4 Å². The number of carbonyl (C=O) groups is 1. The van der Waals surface area contributed by atoms with Crippen LogP contribution in [0.15, 0.2) is 138 Å². The molecule has 1 unspecified atom stereocenters. The number of allylic oxidation sites excluding steroid dienone is 8. The first-order chi connectivity index (χ1) is 29.1. The predicted molar refractivity (Wildman–Crippen MR) is 250 cm³/mol. The van der Waals surface area contributed by atoms with Crippen LogP contribution in [0, 0.1) is 5.92 Å². The van der Waals surface area contributed by atoms with E-state index >= 15 is 0 Å². The number of fused-ring (bicyclic) bond motifs is 6. The summed E-state index contributed by atoms with van der Waals surface area (Å²) in [6, 6.07) is 33.3. The molecule has 61 heavy (non-hydrogen) atoms. The van der Waals surface area contributed by atoms with Crippen LogP contribution < -0.4 is 10.6 Å². The van der Waals surface area contributed by atoms with E-state index in [-0.39, 0.29) is 17.6 Å². The van der Waals surface area contributed by atoms with Gasteiger partial charge in [-0.15, -0.1) is 0 Å². The first kappa shape index (κ1) is 41.9. The van der Waals surface area contributed by atoms with Gasteiger partial charge in [0.25, 0.3) is 10.1 Å². The number of benzene rings is 5. The molecule has 5 aromatic rings. The van der Waals surface area contributed by atoms with Crippen LogP contribution in [0.4, 0.5) is 17.1 Å². The molecule has 1 aliphatic carbocycles. The first-order valence-corrected chi connectivity index (χ1v) is 23.0. The number of nitrogens with two attached hydrogens (primary N) is 1. The Kier molecular flexibility index (Phi) is 11.2. The Balaban J connectivity index is 1.30. The van der Waals surface area contributed by atoms with Gasteiger partial charge in [0.2, 0.25) is 5.69 Å². The molecule has 2 heterocycles. The number of hydrogen-bond donors (Lipinski definition) is 3. The number of carboxylic acids is 1. The molecule has 0 aromatic heterocycles. The highest BCUT2D eigenvalue weighted by Crippen LogP contribution is 2.51. The third-order valence-electron chi connectivity index (χ3n) is 13.0. The topological polar surface area (TPSA) is 124 Å². The fourth-order valence-corrected chi connectivity index (χ4v) is 10.6. The maximum atomic E-state index is 13.0. The van der Waals surface area contributed by atoms with Gasteiger partial charge >= 0.3 is 5.97 Å². The SMILES string of the molecule is CCCC[N+]1=C(/C=C/C2=C(c3ccc(N)cc3)C(=C/C=C3/N(CCCS(=O)(=O)O)c4ccc5ccccc5c4C3(C)C)/CC(C(=O)O)C2)C(C)(C)c2c1ccc1ccccc21. The van der Waals surface area contributed by atoms with E-state index in [9.17, 15) is 22.9 Å². The Morgan fingerprint density at radius 1 is 0.820 bits per heavy atom. The van der Waals surface area contributed by atoms with Gasteiger partial charge in [-0.25, -0.2) is 0 Å². The number of aliphatic carboxylic acids is 1. The van der Waals surface area contributed by atoms with Gasteiger partial charge in [-0.1, -0.05) is 106 Å². The maximum absolute atomic E-state index is 13.0. The number of rotatable bonds is 12. The normalized spacial score (nSPS) is 19.8. The lowest BCUT2D eigenvalue weighted by Crippen LogP contribution is -2.28. The van der Waals surface area contributed by atoms with E-state index in [1.54, 1.807) is 0 Å². The first-order valence-electron chi connectivity index (χ1n) is 21.4. The van der Waals surface area contributed by atoms with E-state index in [1.807, 2.05) is 36.4 Å². The quantitative estimate of drug-likeness (QED) is 0.0649. The zero-order chi connectivity index (χ0) is 43.3. The van der Waals surface area contributed by atoms with Crippen molar-refractivity contribution in [3.8, 4) is 0 Å². The number of nitrogens with zero attached hydrogens (tertiary/aromatic N) is 2. The highest BCUT2D eigenvalue weighted by Gasteiger charge is 2.46. The molecule has 0 spiro atoms. The van der Waals surface area contributed by atoms with Gasteiger partial charge in [0, 0.05) is 53.2 Å². The molecule has 3 aliphatic rings. The molecule has 8 rings (SSSR count). The lowest BCUT2D eigenvalue weighted by molar-refractivity contribution is -0.438. The number of nitrogen functional groups attached to an aromatic ring is 1. The van der Waals surface area contributed by atoms with Gasteiger partial charge in [-0.05, 0) is 113 Å². The standard InChI is InChI=1S/C52H55N3O5S/c1-6-7-29-54-43-25-19-34-13-8-10-15-41(34)48(43)51(2,3)45(54)27-21-37-32-39(50(56)57)33-38(47(37)36-17-23-40(53)24-18-36)22-28-46-52(4,5)49-42-16-11-9-14-35(42)20-26-44(49)55(46)30-12-31-61(58,59)60/h8-11,13-28,39,53H,6-7,12,29-33H2,1-5H3,(H2,56,57,58,59,60)/p+1/b38-22+,46-28+. The Bertz CT molecular complexity index is 2840. The van der Waals surface area contributed by atoms with E-state index in [4.69, 9.17) is 5.73 Å². The van der Waals surface area contributed by atoms with Crippen molar-refractivity contribution in [1.29, 1.82) is 0 Å². The van der Waals surface area contributed by atoms with Gasteiger partial charge in [-0.2, -0.15) is 13.0 Å². The third-order valence-corrected chi connectivity index (χ3v) is 13.8. The summed E-state index contributed by atoms with van der Waals surface area (Å²) in [4.78, 5) is 15.2. The zero-order valence-electron chi connectivity index (χ0n) is 35.8. The highest BCUT2D eigenvalue weighted by atomic mass is 32.2. The van der Waals surface area contributed by atoms with Crippen molar-refractivity contribution in [3.63, 3.8) is 0 Å². The molecular weight excluding hydrogens is 779 g/mol. The second kappa shape index (κ2) is 16.3. The fraction of sp³-hybridized carbons (Fsp3) is 0.308. The van der Waals surface area contributed by atoms with Crippen molar-refractivity contribution in [2.75, 3.05) is 29.5 Å². The second-order valence-corrected chi connectivity index (χ2v) is 19.4. The van der Waals surface area contributed by atoms with Crippen molar-refractivity contribution in [2.45, 2.75) is 77.6 Å². The van der Waals surface area contributed by atoms with Crippen LogP contribution in [0.25, 0.3) is 27.1 Å². The summed E-state index contributed by atoms with van der Waals surface area (Å²) in [5.41, 5.74) is 16.7. The summed E-state index contributed by atoms with van der Waals surface area (Å²) in [7, 11) is -4.16. The molecule has 0 fully saturated rings. The Labute approximate surface area is 359 Å². The van der Waals surface area contributed by atoms with E-state index in [1.165, 1.54) is 27.7 Å². The van der Waals surface area contributed by atoms with Gasteiger partial charge in [0.15, 0.2) is 5.71 Å². The van der Waals surface area contributed by atoms with Crippen LogP contribution in [-0.4, -0.2) is 53.2 Å². The van der Waals surface area contributed by atoms with Crippen molar-refractivity contribution < 1.29 is 27.4 Å². The van der Waals surface area contributed by atoms with Gasteiger partial charge in [0.05, 0.1) is 17.1 Å². The van der Waals surface area contributed by atoms with E-state index in [2.05, 4.69) is 129 Å². The summed E-state index contributed by atoms with van der Waals surface area (Å²) >= 11 is 0. The van der Waals surface area contributed by atoms with Crippen molar-refractivity contribution in [2.24, 2.45) is 5.92 Å². The lowest BCUT2D eigenvalue weighted by Gasteiger charge is -2.29. The minimum absolute atomic E-state index is 0.228. The number of anilines is 2. The summed E-state index contributed by atoms with van der Waals surface area (Å²) in [6.45, 7) is 12.4. The van der Waals surface area contributed by atoms with Crippen molar-refractivity contribution >= 4 is 66.0 Å². The van der Waals surface area contributed by atoms with Crippen LogP contribution in [0.3, 0.4) is 0 Å². The second-order valence-electron chi connectivity index (χ2n) is 17.8. The zero-order valence-corrected chi connectivity index (χ0v) is 36.6. The van der Waals surface area contributed by atoms with Crippen LogP contribution in [0.5, 0.6) is 0 Å². The maximum Gasteiger partial charge on any atom is 0.307 e. The van der Waals surface area contributed by atoms with Gasteiger partial charge in [0.1, 0.15) is 6.54 Å². The average Bonchev–Trinajstić information content (AvgIpc) is 3.58. The molecule has 4 N–H and O–H groups in total. The summed E-state index contributed by atoms with van der Waals surface area (Å²) in [6.07, 6.45) is 11.6. The Hall–Kier alpha value is -5.77. The summed E-state index contributed by atoms with van der Waals surface area (Å²) < 4.78 is 35.9. The summed E-state index contributed by atoms with van der Waals surface area (Å²) in [5, 5.41) is 15.4. The van der Waals surface area contributed by atoms with Crippen molar-refractivity contribution in [1.82, 2.24) is 0 Å². The van der Waals surface area contributed by atoms with Crippen molar-refractivity contribution in [3.05, 3.63) is 155 Å². The minimum Gasteiger partial charge on any atom is -0.481 e. The van der Waals surface area contributed by atoms with Crippen LogP contribution in [0.1, 0.15) is 83.4 Å². The van der Waals surface area contributed by atoms with Gasteiger partial charge < -0.3 is 15.7 Å². The molecule has 0 amide bonds. The van der Waals surface area contributed by atoms with Crippen LogP contribution in [0.2, 0.25) is 0 Å². The Morgan fingerprint density at radius 3 is 2.13 bits per heavy atom. The lowest BCUT2D eigenvalue weighted by atomic mass is 9.76. The smallest absolute Gasteiger partial charge is 0.307 e. The van der Waals surface area contributed by atoms with E-state index in [0.29, 0.717) is 25.1 Å². The summed E-state index contributed by atoms with van der Waals surface area (Å²) in [5.74, 6) is -1.84. The van der Waals surface area contributed by atoms with Gasteiger partial charge in [-0.3, -0.25) is 9.35 Å². The van der Waals surface area contributed by atoms with Crippen LogP contribution in [-0.2, 0) is 25.7 Å². The molecule has 2 aliphatic heterocycles. The molecule has 0 saturated heterocycles. The minimum atomic E-state index is -4.16. The molecule has 0 saturated carbocycles. The predicted octanol–water partition coefficient (Wildman–Crippen LogP) is 11.1. The average molecular weight is 835 g/mol. The molecule has 314 valence electrons. The third kappa shape index (κ3) is 7.86. The molecule has 0 bridgehead atoms.